The molecule has 0 unspecified atom stereocenters. The minimum absolute atomic E-state index is 0.0916. The largest absolute Gasteiger partial charge is 0.343 e. The molecular formula is C17H27NO. The van der Waals surface area contributed by atoms with Gasteiger partial charge in [0.05, 0.1) is 0 Å². The van der Waals surface area contributed by atoms with Crippen molar-refractivity contribution in [1.29, 1.82) is 0 Å². The molecule has 0 bridgehead atoms. The monoisotopic (exact) mass is 261 g/mol. The molecule has 0 aliphatic heterocycles. The molecule has 0 aliphatic rings. The van der Waals surface area contributed by atoms with E-state index in [1.54, 1.807) is 0 Å². The first-order chi connectivity index (χ1) is 9.10. The zero-order valence-corrected chi connectivity index (χ0v) is 12.7. The molecule has 0 radical (unpaired) electrons. The van der Waals surface area contributed by atoms with Crippen LogP contribution in [0.2, 0.25) is 0 Å². The lowest BCUT2D eigenvalue weighted by Crippen LogP contribution is -2.39. The maximum absolute atomic E-state index is 12.6. The molecule has 19 heavy (non-hydrogen) atoms. The SMILES string of the molecule is CCCN(CC)C(=O)[C@H](Cc1ccccc1)C(C)C. The summed E-state index contributed by atoms with van der Waals surface area (Å²) in [4.78, 5) is 14.6. The average Bonchev–Trinajstić information content (AvgIpc) is 2.42. The molecule has 0 aliphatic carbocycles. The van der Waals surface area contributed by atoms with Crippen LogP contribution in [0.5, 0.6) is 0 Å². The van der Waals surface area contributed by atoms with Gasteiger partial charge in [-0.25, -0.2) is 0 Å². The predicted molar refractivity (Wildman–Crippen MR) is 81.0 cm³/mol. The van der Waals surface area contributed by atoms with Gasteiger partial charge in [-0.2, -0.15) is 0 Å². The van der Waals surface area contributed by atoms with Crippen molar-refractivity contribution in [3.63, 3.8) is 0 Å². The van der Waals surface area contributed by atoms with Crippen molar-refractivity contribution in [2.45, 2.75) is 40.5 Å². The Labute approximate surface area is 117 Å². The van der Waals surface area contributed by atoms with Crippen molar-refractivity contribution in [3.8, 4) is 0 Å². The van der Waals surface area contributed by atoms with E-state index in [0.29, 0.717) is 11.8 Å². The van der Waals surface area contributed by atoms with Crippen LogP contribution in [0.1, 0.15) is 39.7 Å². The van der Waals surface area contributed by atoms with Crippen molar-refractivity contribution < 1.29 is 4.79 Å². The highest BCUT2D eigenvalue weighted by atomic mass is 16.2. The highest BCUT2D eigenvalue weighted by Crippen LogP contribution is 2.20. The number of nitrogens with zero attached hydrogens (tertiary/aromatic N) is 1. The Morgan fingerprint density at radius 2 is 1.79 bits per heavy atom. The summed E-state index contributed by atoms with van der Waals surface area (Å²) in [6, 6.07) is 10.3. The first kappa shape index (κ1) is 15.7. The van der Waals surface area contributed by atoms with Gasteiger partial charge < -0.3 is 4.90 Å². The van der Waals surface area contributed by atoms with Crippen LogP contribution in [-0.2, 0) is 11.2 Å². The summed E-state index contributed by atoms with van der Waals surface area (Å²) in [7, 11) is 0. The molecule has 0 heterocycles. The molecular weight excluding hydrogens is 234 g/mol. The molecule has 2 heteroatoms. The van der Waals surface area contributed by atoms with Crippen LogP contribution in [-0.4, -0.2) is 23.9 Å². The topological polar surface area (TPSA) is 20.3 Å². The second kappa shape index (κ2) is 7.98. The number of amides is 1. The zero-order valence-electron chi connectivity index (χ0n) is 12.7. The molecule has 1 amide bonds. The Kier molecular flexibility index (Phi) is 6.61. The van der Waals surface area contributed by atoms with Gasteiger partial charge in [-0.1, -0.05) is 51.1 Å². The number of hydrogen-bond donors (Lipinski definition) is 0. The lowest BCUT2D eigenvalue weighted by Gasteiger charge is -2.28. The van der Waals surface area contributed by atoms with Gasteiger partial charge in [-0.05, 0) is 31.2 Å². The van der Waals surface area contributed by atoms with Gasteiger partial charge in [0, 0.05) is 19.0 Å². The van der Waals surface area contributed by atoms with Crippen LogP contribution in [0.4, 0.5) is 0 Å². The minimum atomic E-state index is 0.0916. The Balaban J connectivity index is 2.79. The van der Waals surface area contributed by atoms with E-state index in [-0.39, 0.29) is 5.92 Å². The molecule has 1 atom stereocenters. The molecule has 1 aromatic carbocycles. The second-order valence-corrected chi connectivity index (χ2v) is 5.46. The van der Waals surface area contributed by atoms with Crippen LogP contribution in [0, 0.1) is 11.8 Å². The third-order valence-corrected chi connectivity index (χ3v) is 3.61. The lowest BCUT2D eigenvalue weighted by atomic mass is 9.88. The molecule has 106 valence electrons. The van der Waals surface area contributed by atoms with Crippen molar-refractivity contribution in [1.82, 2.24) is 4.90 Å². The smallest absolute Gasteiger partial charge is 0.226 e. The maximum atomic E-state index is 12.6. The van der Waals surface area contributed by atoms with Crippen molar-refractivity contribution in [2.75, 3.05) is 13.1 Å². The minimum Gasteiger partial charge on any atom is -0.343 e. The summed E-state index contributed by atoms with van der Waals surface area (Å²) in [5.74, 6) is 0.774. The van der Waals surface area contributed by atoms with E-state index >= 15 is 0 Å². The number of benzene rings is 1. The van der Waals surface area contributed by atoms with E-state index in [4.69, 9.17) is 0 Å². The van der Waals surface area contributed by atoms with Gasteiger partial charge in [-0.15, -0.1) is 0 Å². The third-order valence-electron chi connectivity index (χ3n) is 3.61. The number of hydrogen-bond acceptors (Lipinski definition) is 1. The normalized spacial score (nSPS) is 12.5. The summed E-state index contributed by atoms with van der Waals surface area (Å²) in [5.41, 5.74) is 1.25. The first-order valence-electron chi connectivity index (χ1n) is 7.42. The standard InChI is InChI=1S/C17H27NO/c1-5-12-18(6-2)17(19)16(14(3)4)13-15-10-8-7-9-11-15/h7-11,14,16H,5-6,12-13H2,1-4H3/t16-/m1/s1. The average molecular weight is 261 g/mol. The third kappa shape index (κ3) is 4.70. The molecule has 0 saturated heterocycles. The van der Waals surface area contributed by atoms with Gasteiger partial charge in [0.1, 0.15) is 0 Å². The predicted octanol–water partition coefficient (Wildman–Crippen LogP) is 3.76. The van der Waals surface area contributed by atoms with E-state index in [0.717, 1.165) is 25.9 Å². The Morgan fingerprint density at radius 1 is 1.16 bits per heavy atom. The van der Waals surface area contributed by atoms with E-state index in [1.807, 2.05) is 23.1 Å². The van der Waals surface area contributed by atoms with Crippen LogP contribution in [0.15, 0.2) is 30.3 Å². The maximum Gasteiger partial charge on any atom is 0.226 e. The number of carbonyl (C=O) groups is 1. The molecule has 1 rings (SSSR count). The molecule has 0 fully saturated rings. The molecule has 0 saturated carbocycles. The quantitative estimate of drug-likeness (QED) is 0.732. The summed E-state index contributed by atoms with van der Waals surface area (Å²) in [5, 5.41) is 0. The van der Waals surface area contributed by atoms with Crippen LogP contribution < -0.4 is 0 Å². The number of carbonyl (C=O) groups excluding carboxylic acids is 1. The van der Waals surface area contributed by atoms with Crippen molar-refractivity contribution in [3.05, 3.63) is 35.9 Å². The highest BCUT2D eigenvalue weighted by molar-refractivity contribution is 5.79. The van der Waals surface area contributed by atoms with E-state index in [1.165, 1.54) is 5.56 Å². The van der Waals surface area contributed by atoms with Crippen LogP contribution in [0.3, 0.4) is 0 Å². The summed E-state index contributed by atoms with van der Waals surface area (Å²) in [6.45, 7) is 10.2. The van der Waals surface area contributed by atoms with E-state index < -0.39 is 0 Å². The van der Waals surface area contributed by atoms with Gasteiger partial charge in [-0.3, -0.25) is 4.79 Å². The van der Waals surface area contributed by atoms with Gasteiger partial charge in [0.2, 0.25) is 5.91 Å². The van der Waals surface area contributed by atoms with Crippen molar-refractivity contribution >= 4 is 5.91 Å². The van der Waals surface area contributed by atoms with Crippen LogP contribution >= 0.6 is 0 Å². The zero-order chi connectivity index (χ0) is 14.3. The summed E-state index contributed by atoms with van der Waals surface area (Å²) < 4.78 is 0. The Hall–Kier alpha value is -1.31. The molecule has 0 spiro atoms. The number of rotatable bonds is 7. The molecule has 0 aromatic heterocycles. The van der Waals surface area contributed by atoms with E-state index in [9.17, 15) is 4.79 Å². The first-order valence-corrected chi connectivity index (χ1v) is 7.42. The fraction of sp³-hybridized carbons (Fsp3) is 0.588. The van der Waals surface area contributed by atoms with E-state index in [2.05, 4.69) is 39.8 Å². The van der Waals surface area contributed by atoms with Crippen LogP contribution in [0.25, 0.3) is 0 Å². The Bertz CT molecular complexity index is 372. The fourth-order valence-corrected chi connectivity index (χ4v) is 2.40. The molecule has 2 nitrogen and oxygen atoms in total. The second-order valence-electron chi connectivity index (χ2n) is 5.46. The van der Waals surface area contributed by atoms with Gasteiger partial charge >= 0.3 is 0 Å². The Morgan fingerprint density at radius 3 is 2.26 bits per heavy atom. The summed E-state index contributed by atoms with van der Waals surface area (Å²) in [6.07, 6.45) is 1.87. The fourth-order valence-electron chi connectivity index (χ4n) is 2.40. The highest BCUT2D eigenvalue weighted by Gasteiger charge is 2.26. The lowest BCUT2D eigenvalue weighted by molar-refractivity contribution is -0.136. The van der Waals surface area contributed by atoms with Gasteiger partial charge in [0.25, 0.3) is 0 Å². The summed E-state index contributed by atoms with van der Waals surface area (Å²) >= 11 is 0. The molecule has 1 aromatic rings. The van der Waals surface area contributed by atoms with Crippen molar-refractivity contribution in [2.24, 2.45) is 11.8 Å². The molecule has 0 N–H and O–H groups in total. The van der Waals surface area contributed by atoms with Gasteiger partial charge in [0.15, 0.2) is 0 Å².